The smallest absolute Gasteiger partial charge is 0.370 e. The van der Waals surface area contributed by atoms with Gasteiger partial charge in [-0.1, -0.05) is 47.5 Å². The van der Waals surface area contributed by atoms with Crippen molar-refractivity contribution in [2.45, 2.75) is 12.7 Å². The Bertz CT molecular complexity index is 1030. The number of nitrogens with one attached hydrogen (secondary N) is 1. The number of aromatic nitrogens is 1. The highest BCUT2D eigenvalue weighted by atomic mass is 35.5. The minimum absolute atomic E-state index is 0.168. The molecule has 9 heteroatoms. The van der Waals surface area contributed by atoms with Gasteiger partial charge in [0, 0.05) is 33.9 Å². The highest BCUT2D eigenvalue weighted by molar-refractivity contribution is 6.31. The maximum Gasteiger partial charge on any atom is 0.408 e. The summed E-state index contributed by atoms with van der Waals surface area (Å²) in [7, 11) is 0. The number of pyridine rings is 1. The predicted molar refractivity (Wildman–Crippen MR) is 115 cm³/mol. The van der Waals surface area contributed by atoms with Gasteiger partial charge in [-0.15, -0.1) is 0 Å². The number of nitrogens with zero attached hydrogens (tertiary/aromatic N) is 2. The van der Waals surface area contributed by atoms with Gasteiger partial charge in [-0.05, 0) is 41.5 Å². The minimum Gasteiger partial charge on any atom is -0.370 e. The van der Waals surface area contributed by atoms with Crippen molar-refractivity contribution in [2.24, 2.45) is 10.7 Å². The molecule has 0 unspecified atom stereocenters. The Balaban J connectivity index is 1.90. The third-order valence-electron chi connectivity index (χ3n) is 4.12. The SMILES string of the molecule is N/C(=N\CC(F)(F)F)NCc1cnc(-c2ccc(Cl)cc2)c(-c2ccc(Cl)cc2)c1. The zero-order chi connectivity index (χ0) is 21.7. The number of hydrogen-bond donors (Lipinski definition) is 2. The van der Waals surface area contributed by atoms with Gasteiger partial charge < -0.3 is 11.1 Å². The minimum atomic E-state index is -4.41. The first-order chi connectivity index (χ1) is 14.2. The van der Waals surface area contributed by atoms with E-state index in [-0.39, 0.29) is 12.5 Å². The highest BCUT2D eigenvalue weighted by Gasteiger charge is 2.26. The molecule has 3 N–H and O–H groups in total. The Labute approximate surface area is 181 Å². The molecule has 0 aliphatic rings. The summed E-state index contributed by atoms with van der Waals surface area (Å²) in [6.07, 6.45) is -2.77. The van der Waals surface area contributed by atoms with Gasteiger partial charge >= 0.3 is 6.18 Å². The van der Waals surface area contributed by atoms with Gasteiger partial charge in [0.2, 0.25) is 0 Å². The summed E-state index contributed by atoms with van der Waals surface area (Å²) in [5.74, 6) is -0.290. The summed E-state index contributed by atoms with van der Waals surface area (Å²) >= 11 is 12.0. The Morgan fingerprint density at radius 1 is 0.967 bits per heavy atom. The lowest BCUT2D eigenvalue weighted by atomic mass is 9.98. The molecule has 0 fully saturated rings. The molecule has 0 aliphatic carbocycles. The van der Waals surface area contributed by atoms with Gasteiger partial charge in [0.1, 0.15) is 6.54 Å². The van der Waals surface area contributed by atoms with Crippen LogP contribution in [0.25, 0.3) is 22.4 Å². The summed E-state index contributed by atoms with van der Waals surface area (Å²) in [6, 6.07) is 16.5. The molecule has 2 aromatic carbocycles. The third kappa shape index (κ3) is 6.11. The lowest BCUT2D eigenvalue weighted by molar-refractivity contribution is -0.118. The standard InChI is InChI=1S/C21H17Cl2F3N4/c22-16-5-1-14(2-6-16)18-9-13(11-29-20(27)30-12-21(24,25)26)10-28-19(18)15-3-7-17(23)8-4-15/h1-10H,11-12H2,(H3,27,29,30). The van der Waals surface area contributed by atoms with Crippen molar-refractivity contribution in [1.29, 1.82) is 0 Å². The predicted octanol–water partition coefficient (Wildman–Crippen LogP) is 5.69. The first-order valence-electron chi connectivity index (χ1n) is 8.82. The van der Waals surface area contributed by atoms with Gasteiger partial charge in [0.05, 0.1) is 5.69 Å². The zero-order valence-corrected chi connectivity index (χ0v) is 17.1. The van der Waals surface area contributed by atoms with E-state index in [9.17, 15) is 13.2 Å². The molecule has 4 nitrogen and oxygen atoms in total. The zero-order valence-electron chi connectivity index (χ0n) is 15.5. The van der Waals surface area contributed by atoms with E-state index in [4.69, 9.17) is 28.9 Å². The number of guanidine groups is 1. The molecule has 3 rings (SSSR count). The fourth-order valence-electron chi connectivity index (χ4n) is 2.72. The molecule has 1 aromatic heterocycles. The Morgan fingerprint density at radius 2 is 1.53 bits per heavy atom. The topological polar surface area (TPSA) is 63.3 Å². The van der Waals surface area contributed by atoms with E-state index >= 15 is 0 Å². The Kier molecular flexibility index (Phi) is 6.84. The van der Waals surface area contributed by atoms with Gasteiger partial charge in [0.25, 0.3) is 0 Å². The van der Waals surface area contributed by atoms with Gasteiger partial charge in [0.15, 0.2) is 5.96 Å². The second kappa shape index (κ2) is 9.36. The normalized spacial score (nSPS) is 12.1. The molecule has 0 radical (unpaired) electrons. The average Bonchev–Trinajstić information content (AvgIpc) is 2.71. The first-order valence-corrected chi connectivity index (χ1v) is 9.58. The molecule has 0 spiro atoms. The molecule has 156 valence electrons. The molecular weight excluding hydrogens is 436 g/mol. The first kappa shape index (κ1) is 21.9. The van der Waals surface area contributed by atoms with Gasteiger partial charge in [-0.3, -0.25) is 4.98 Å². The van der Waals surface area contributed by atoms with Crippen molar-refractivity contribution < 1.29 is 13.2 Å². The van der Waals surface area contributed by atoms with E-state index in [2.05, 4.69) is 15.3 Å². The van der Waals surface area contributed by atoms with Crippen molar-refractivity contribution in [3.05, 3.63) is 76.4 Å². The number of benzene rings is 2. The summed E-state index contributed by atoms with van der Waals surface area (Å²) in [5.41, 5.74) is 9.57. The molecule has 0 atom stereocenters. The van der Waals surface area contributed by atoms with Crippen LogP contribution in [0.3, 0.4) is 0 Å². The molecule has 1 heterocycles. The molecule has 0 aliphatic heterocycles. The highest BCUT2D eigenvalue weighted by Crippen LogP contribution is 2.32. The molecular formula is C21H17Cl2F3N4. The monoisotopic (exact) mass is 452 g/mol. The number of nitrogens with two attached hydrogens (primary N) is 1. The van der Waals surface area contributed by atoms with Crippen molar-refractivity contribution in [2.75, 3.05) is 6.54 Å². The van der Waals surface area contributed by atoms with Crippen LogP contribution in [0.4, 0.5) is 13.2 Å². The van der Waals surface area contributed by atoms with Crippen molar-refractivity contribution >= 4 is 29.2 Å². The van der Waals surface area contributed by atoms with Crippen LogP contribution in [0.1, 0.15) is 5.56 Å². The fraction of sp³-hybridized carbons (Fsp3) is 0.143. The van der Waals surface area contributed by atoms with E-state index in [1.807, 2.05) is 30.3 Å². The number of aliphatic imine (C=N–C) groups is 1. The molecule has 0 saturated heterocycles. The Hall–Kier alpha value is -2.77. The maximum absolute atomic E-state index is 12.3. The van der Waals surface area contributed by atoms with Crippen LogP contribution in [0.15, 0.2) is 65.8 Å². The van der Waals surface area contributed by atoms with Crippen LogP contribution >= 0.6 is 23.2 Å². The number of hydrogen-bond acceptors (Lipinski definition) is 2. The number of rotatable bonds is 5. The molecule has 0 bridgehead atoms. The Morgan fingerprint density at radius 3 is 2.10 bits per heavy atom. The lowest BCUT2D eigenvalue weighted by Gasteiger charge is -2.13. The molecule has 30 heavy (non-hydrogen) atoms. The van der Waals surface area contributed by atoms with E-state index in [0.717, 1.165) is 27.9 Å². The second-order valence-corrected chi connectivity index (χ2v) is 7.30. The number of alkyl halides is 3. The van der Waals surface area contributed by atoms with Crippen molar-refractivity contribution in [1.82, 2.24) is 10.3 Å². The fourth-order valence-corrected chi connectivity index (χ4v) is 2.97. The summed E-state index contributed by atoms with van der Waals surface area (Å²) < 4.78 is 36.8. The molecule has 3 aromatic rings. The third-order valence-corrected chi connectivity index (χ3v) is 4.62. The second-order valence-electron chi connectivity index (χ2n) is 6.42. The van der Waals surface area contributed by atoms with Crippen LogP contribution in [0.2, 0.25) is 10.0 Å². The number of halogens is 5. The van der Waals surface area contributed by atoms with Crippen LogP contribution in [0, 0.1) is 0 Å². The summed E-state index contributed by atoms with van der Waals surface area (Å²) in [5, 5.41) is 3.89. The van der Waals surface area contributed by atoms with Crippen LogP contribution in [-0.2, 0) is 6.54 Å². The van der Waals surface area contributed by atoms with Crippen LogP contribution < -0.4 is 11.1 Å². The van der Waals surface area contributed by atoms with E-state index in [1.165, 1.54) is 0 Å². The van der Waals surface area contributed by atoms with Crippen molar-refractivity contribution in [3.8, 4) is 22.4 Å². The largest absolute Gasteiger partial charge is 0.408 e. The van der Waals surface area contributed by atoms with E-state index in [0.29, 0.717) is 10.0 Å². The van der Waals surface area contributed by atoms with Crippen molar-refractivity contribution in [3.63, 3.8) is 0 Å². The quantitative estimate of drug-likeness (QED) is 0.386. The molecule has 0 saturated carbocycles. The van der Waals surface area contributed by atoms with E-state index in [1.54, 1.807) is 30.5 Å². The van der Waals surface area contributed by atoms with Gasteiger partial charge in [-0.2, -0.15) is 13.2 Å². The van der Waals surface area contributed by atoms with E-state index < -0.39 is 12.7 Å². The average molecular weight is 453 g/mol. The lowest BCUT2D eigenvalue weighted by Crippen LogP contribution is -2.32. The summed E-state index contributed by atoms with van der Waals surface area (Å²) in [4.78, 5) is 7.85. The maximum atomic E-state index is 12.3. The van der Waals surface area contributed by atoms with Gasteiger partial charge in [-0.25, -0.2) is 4.99 Å². The summed E-state index contributed by atoms with van der Waals surface area (Å²) in [6.45, 7) is -1.17. The van der Waals surface area contributed by atoms with Crippen LogP contribution in [-0.4, -0.2) is 23.7 Å². The molecule has 0 amide bonds. The van der Waals surface area contributed by atoms with Crippen LogP contribution in [0.5, 0.6) is 0 Å².